The summed E-state index contributed by atoms with van der Waals surface area (Å²) >= 11 is 5.89. The molecule has 18 heavy (non-hydrogen) atoms. The molecule has 1 aliphatic rings. The fourth-order valence-corrected chi connectivity index (χ4v) is 2.66. The van der Waals surface area contributed by atoms with Crippen molar-refractivity contribution in [3.63, 3.8) is 0 Å². The van der Waals surface area contributed by atoms with Crippen LogP contribution in [0.2, 0.25) is 5.02 Å². The number of carbonyl (C=O) groups is 1. The van der Waals surface area contributed by atoms with Gasteiger partial charge in [-0.2, -0.15) is 0 Å². The number of benzene rings is 1. The highest BCUT2D eigenvalue weighted by Crippen LogP contribution is 2.29. The number of rotatable bonds is 3. The second-order valence-corrected chi connectivity index (χ2v) is 5.39. The van der Waals surface area contributed by atoms with E-state index in [0.29, 0.717) is 10.9 Å². The van der Waals surface area contributed by atoms with Crippen LogP contribution < -0.4 is 11.1 Å². The largest absolute Gasteiger partial charge is 0.330 e. The maximum atomic E-state index is 12.1. The zero-order valence-electron chi connectivity index (χ0n) is 10.4. The van der Waals surface area contributed by atoms with Crippen molar-refractivity contribution in [1.29, 1.82) is 0 Å². The Labute approximate surface area is 113 Å². The summed E-state index contributed by atoms with van der Waals surface area (Å²) in [4.78, 5) is 12.1. The molecular formula is C14H19ClN2O. The first-order valence-corrected chi connectivity index (χ1v) is 6.83. The van der Waals surface area contributed by atoms with E-state index < -0.39 is 0 Å². The molecule has 0 unspecified atom stereocenters. The fourth-order valence-electron chi connectivity index (χ4n) is 2.47. The molecule has 0 radical (unpaired) electrons. The van der Waals surface area contributed by atoms with E-state index in [1.807, 2.05) is 12.1 Å². The van der Waals surface area contributed by atoms with E-state index in [4.69, 9.17) is 17.3 Å². The molecule has 1 saturated carbocycles. The van der Waals surface area contributed by atoms with Crippen molar-refractivity contribution in [2.45, 2.75) is 25.7 Å². The van der Waals surface area contributed by atoms with Gasteiger partial charge in [-0.25, -0.2) is 0 Å². The molecule has 1 aromatic rings. The predicted octanol–water partition coefficient (Wildman–Crippen LogP) is 3.04. The summed E-state index contributed by atoms with van der Waals surface area (Å²) in [6.07, 6.45) is 4.00. The van der Waals surface area contributed by atoms with Crippen LogP contribution in [0.5, 0.6) is 0 Å². The molecule has 3 N–H and O–H groups in total. The molecule has 98 valence electrons. The molecule has 1 aliphatic carbocycles. The molecule has 2 rings (SSSR count). The summed E-state index contributed by atoms with van der Waals surface area (Å²) in [6.45, 7) is 0.739. The minimum atomic E-state index is 0.104. The monoisotopic (exact) mass is 266 g/mol. The molecule has 0 aliphatic heterocycles. The van der Waals surface area contributed by atoms with Gasteiger partial charge in [0.25, 0.3) is 0 Å². The molecule has 1 fully saturated rings. The molecule has 4 heteroatoms. The van der Waals surface area contributed by atoms with Gasteiger partial charge in [-0.3, -0.25) is 4.79 Å². The minimum Gasteiger partial charge on any atom is -0.330 e. The van der Waals surface area contributed by atoms with Crippen LogP contribution in [0.1, 0.15) is 25.7 Å². The third kappa shape index (κ3) is 3.47. The second-order valence-electron chi connectivity index (χ2n) is 4.95. The van der Waals surface area contributed by atoms with E-state index in [2.05, 4.69) is 5.32 Å². The second kappa shape index (κ2) is 6.21. The van der Waals surface area contributed by atoms with Crippen LogP contribution in [0, 0.1) is 11.8 Å². The summed E-state index contributed by atoms with van der Waals surface area (Å²) in [5, 5.41) is 3.57. The van der Waals surface area contributed by atoms with Crippen LogP contribution in [0.3, 0.4) is 0 Å². The average molecular weight is 267 g/mol. The van der Waals surface area contributed by atoms with Crippen LogP contribution in [-0.2, 0) is 4.79 Å². The third-order valence-corrected chi connectivity index (χ3v) is 3.88. The quantitative estimate of drug-likeness (QED) is 0.884. The highest BCUT2D eigenvalue weighted by Gasteiger charge is 2.25. The van der Waals surface area contributed by atoms with Crippen molar-refractivity contribution in [1.82, 2.24) is 0 Å². The number of carbonyl (C=O) groups excluding carboxylic acids is 1. The Kier molecular flexibility index (Phi) is 4.61. The Hall–Kier alpha value is -1.06. The highest BCUT2D eigenvalue weighted by molar-refractivity contribution is 6.30. The zero-order valence-corrected chi connectivity index (χ0v) is 11.1. The molecule has 1 amide bonds. The Morgan fingerprint density at radius 3 is 2.67 bits per heavy atom. The van der Waals surface area contributed by atoms with Gasteiger partial charge in [0.15, 0.2) is 0 Å². The van der Waals surface area contributed by atoms with Gasteiger partial charge in [-0.05, 0) is 56.3 Å². The first-order chi connectivity index (χ1) is 8.69. The summed E-state index contributed by atoms with van der Waals surface area (Å²) in [5.74, 6) is 0.819. The lowest BCUT2D eigenvalue weighted by Crippen LogP contribution is -2.29. The molecule has 0 saturated heterocycles. The molecule has 0 atom stereocenters. The maximum absolute atomic E-state index is 12.1. The van der Waals surface area contributed by atoms with Gasteiger partial charge in [0, 0.05) is 16.6 Å². The number of anilines is 1. The van der Waals surface area contributed by atoms with Crippen LogP contribution >= 0.6 is 11.6 Å². The van der Waals surface area contributed by atoms with Crippen molar-refractivity contribution in [3.05, 3.63) is 29.3 Å². The standard InChI is InChI=1S/C14H19ClN2O/c15-12-2-1-3-13(8-12)17-14(18)11-6-4-10(9-16)5-7-11/h1-3,8,10-11H,4-7,9,16H2,(H,17,18). The summed E-state index contributed by atoms with van der Waals surface area (Å²) in [5.41, 5.74) is 6.42. The molecular weight excluding hydrogens is 248 g/mol. The lowest BCUT2D eigenvalue weighted by Gasteiger charge is -2.26. The third-order valence-electron chi connectivity index (χ3n) is 3.64. The Morgan fingerprint density at radius 1 is 1.33 bits per heavy atom. The normalized spacial score (nSPS) is 23.7. The Balaban J connectivity index is 1.89. The molecule has 1 aromatic carbocycles. The molecule has 0 aromatic heterocycles. The Bertz CT molecular complexity index is 414. The van der Waals surface area contributed by atoms with Gasteiger partial charge in [0.1, 0.15) is 0 Å². The van der Waals surface area contributed by atoms with E-state index in [-0.39, 0.29) is 11.8 Å². The van der Waals surface area contributed by atoms with Gasteiger partial charge in [-0.1, -0.05) is 17.7 Å². The smallest absolute Gasteiger partial charge is 0.227 e. The average Bonchev–Trinajstić information content (AvgIpc) is 2.39. The number of hydrogen-bond acceptors (Lipinski definition) is 2. The summed E-state index contributed by atoms with van der Waals surface area (Å²) in [7, 11) is 0. The molecule has 0 bridgehead atoms. The van der Waals surface area contributed by atoms with Gasteiger partial charge >= 0.3 is 0 Å². The van der Waals surface area contributed by atoms with Crippen LogP contribution in [0.4, 0.5) is 5.69 Å². The van der Waals surface area contributed by atoms with E-state index >= 15 is 0 Å². The maximum Gasteiger partial charge on any atom is 0.227 e. The van der Waals surface area contributed by atoms with E-state index in [0.717, 1.165) is 37.9 Å². The topological polar surface area (TPSA) is 55.1 Å². The number of nitrogens with two attached hydrogens (primary N) is 1. The number of nitrogens with one attached hydrogen (secondary N) is 1. The van der Waals surface area contributed by atoms with Gasteiger partial charge in [0.05, 0.1) is 0 Å². The van der Waals surface area contributed by atoms with Crippen LogP contribution in [0.15, 0.2) is 24.3 Å². The SMILES string of the molecule is NCC1CCC(C(=O)Nc2cccc(Cl)c2)CC1. The lowest BCUT2D eigenvalue weighted by molar-refractivity contribution is -0.121. The van der Waals surface area contributed by atoms with Crippen molar-refractivity contribution in [3.8, 4) is 0 Å². The summed E-state index contributed by atoms with van der Waals surface area (Å²) in [6, 6.07) is 7.26. The highest BCUT2D eigenvalue weighted by atomic mass is 35.5. The van der Waals surface area contributed by atoms with Gasteiger partial charge < -0.3 is 11.1 Å². The fraction of sp³-hybridized carbons (Fsp3) is 0.500. The molecule has 3 nitrogen and oxygen atoms in total. The minimum absolute atomic E-state index is 0.104. The lowest BCUT2D eigenvalue weighted by atomic mass is 9.81. The van der Waals surface area contributed by atoms with Gasteiger partial charge in [0.2, 0.25) is 5.91 Å². The number of amides is 1. The first kappa shape index (κ1) is 13.4. The van der Waals surface area contributed by atoms with Crippen molar-refractivity contribution >= 4 is 23.2 Å². The molecule has 0 spiro atoms. The predicted molar refractivity (Wildman–Crippen MR) is 74.6 cm³/mol. The van der Waals surface area contributed by atoms with Crippen LogP contribution in [-0.4, -0.2) is 12.5 Å². The first-order valence-electron chi connectivity index (χ1n) is 6.45. The van der Waals surface area contributed by atoms with Crippen molar-refractivity contribution in [2.24, 2.45) is 17.6 Å². The van der Waals surface area contributed by atoms with Crippen molar-refractivity contribution in [2.75, 3.05) is 11.9 Å². The number of hydrogen-bond donors (Lipinski definition) is 2. The van der Waals surface area contributed by atoms with Crippen LogP contribution in [0.25, 0.3) is 0 Å². The van der Waals surface area contributed by atoms with E-state index in [1.165, 1.54) is 0 Å². The van der Waals surface area contributed by atoms with E-state index in [1.54, 1.807) is 12.1 Å². The van der Waals surface area contributed by atoms with E-state index in [9.17, 15) is 4.79 Å². The van der Waals surface area contributed by atoms with Gasteiger partial charge in [-0.15, -0.1) is 0 Å². The summed E-state index contributed by atoms with van der Waals surface area (Å²) < 4.78 is 0. The zero-order chi connectivity index (χ0) is 13.0. The molecule has 0 heterocycles. The van der Waals surface area contributed by atoms with Crippen molar-refractivity contribution < 1.29 is 4.79 Å². The Morgan fingerprint density at radius 2 is 2.06 bits per heavy atom. The number of halogens is 1.